The normalized spacial score (nSPS) is 21.5. The van der Waals surface area contributed by atoms with E-state index in [0.29, 0.717) is 5.92 Å². The summed E-state index contributed by atoms with van der Waals surface area (Å²) >= 11 is 0. The second-order valence-electron chi connectivity index (χ2n) is 8.80. The molecule has 0 bridgehead atoms. The SMILES string of the molecule is O=C(N[C@H]1CC[C@H](CNc2ccc(N3CCOCC3)cc2)CC1)c1cccc(C(F)(F)F)c1. The molecule has 2 aliphatic rings. The van der Waals surface area contributed by atoms with Gasteiger partial charge >= 0.3 is 6.18 Å². The van der Waals surface area contributed by atoms with Gasteiger partial charge in [0.25, 0.3) is 5.91 Å². The second-order valence-corrected chi connectivity index (χ2v) is 8.80. The number of carbonyl (C=O) groups excluding carboxylic acids is 1. The van der Waals surface area contributed by atoms with E-state index in [1.807, 2.05) is 0 Å². The van der Waals surface area contributed by atoms with Crippen LogP contribution in [0.2, 0.25) is 0 Å². The molecule has 1 saturated carbocycles. The first-order chi connectivity index (χ1) is 15.9. The summed E-state index contributed by atoms with van der Waals surface area (Å²) in [6.07, 6.45) is -0.872. The molecular formula is C25H30F3N3O2. The number of morpholine rings is 1. The predicted octanol–water partition coefficient (Wildman–Crippen LogP) is 4.94. The van der Waals surface area contributed by atoms with Crippen LogP contribution >= 0.6 is 0 Å². The van der Waals surface area contributed by atoms with Crippen molar-refractivity contribution in [3.05, 3.63) is 59.7 Å². The maximum absolute atomic E-state index is 12.9. The van der Waals surface area contributed by atoms with E-state index in [-0.39, 0.29) is 11.6 Å². The van der Waals surface area contributed by atoms with Gasteiger partial charge in [0.1, 0.15) is 0 Å². The minimum absolute atomic E-state index is 0.00361. The van der Waals surface area contributed by atoms with Gasteiger partial charge in [0.05, 0.1) is 18.8 Å². The number of alkyl halides is 3. The van der Waals surface area contributed by atoms with Gasteiger partial charge in [-0.25, -0.2) is 0 Å². The summed E-state index contributed by atoms with van der Waals surface area (Å²) in [7, 11) is 0. The summed E-state index contributed by atoms with van der Waals surface area (Å²) in [5.41, 5.74) is 1.55. The summed E-state index contributed by atoms with van der Waals surface area (Å²) in [6.45, 7) is 4.23. The molecule has 0 atom stereocenters. The molecule has 2 N–H and O–H groups in total. The van der Waals surface area contributed by atoms with Crippen molar-refractivity contribution in [2.45, 2.75) is 37.9 Å². The van der Waals surface area contributed by atoms with E-state index in [2.05, 4.69) is 39.8 Å². The number of halogens is 3. The lowest BCUT2D eigenvalue weighted by atomic mass is 9.86. The molecule has 1 aliphatic carbocycles. The smallest absolute Gasteiger partial charge is 0.385 e. The van der Waals surface area contributed by atoms with Gasteiger partial charge in [0.15, 0.2) is 0 Å². The molecule has 1 amide bonds. The van der Waals surface area contributed by atoms with Crippen molar-refractivity contribution in [2.24, 2.45) is 5.92 Å². The van der Waals surface area contributed by atoms with Crippen molar-refractivity contribution >= 4 is 17.3 Å². The molecule has 1 aliphatic heterocycles. The predicted molar refractivity (Wildman–Crippen MR) is 123 cm³/mol. The van der Waals surface area contributed by atoms with Crippen molar-refractivity contribution in [2.75, 3.05) is 43.1 Å². The maximum atomic E-state index is 12.9. The van der Waals surface area contributed by atoms with Crippen LogP contribution in [-0.4, -0.2) is 44.8 Å². The largest absolute Gasteiger partial charge is 0.416 e. The van der Waals surface area contributed by atoms with Crippen molar-refractivity contribution in [1.29, 1.82) is 0 Å². The number of hydrogen-bond acceptors (Lipinski definition) is 4. The first-order valence-corrected chi connectivity index (χ1v) is 11.5. The molecule has 1 heterocycles. The Bertz CT molecular complexity index is 919. The van der Waals surface area contributed by atoms with Gasteiger partial charge in [-0.2, -0.15) is 13.2 Å². The molecule has 33 heavy (non-hydrogen) atoms. The van der Waals surface area contributed by atoms with Gasteiger partial charge in [0.2, 0.25) is 0 Å². The lowest BCUT2D eigenvalue weighted by Gasteiger charge is -2.30. The average molecular weight is 462 g/mol. The molecule has 5 nitrogen and oxygen atoms in total. The Morgan fingerprint density at radius 1 is 1.00 bits per heavy atom. The number of anilines is 2. The first-order valence-electron chi connectivity index (χ1n) is 11.5. The second kappa shape index (κ2) is 10.5. The molecule has 2 aromatic carbocycles. The molecule has 178 valence electrons. The van der Waals surface area contributed by atoms with Crippen LogP contribution < -0.4 is 15.5 Å². The number of nitrogens with one attached hydrogen (secondary N) is 2. The van der Waals surface area contributed by atoms with E-state index in [1.54, 1.807) is 0 Å². The minimum atomic E-state index is -4.45. The van der Waals surface area contributed by atoms with E-state index in [9.17, 15) is 18.0 Å². The standard InChI is InChI=1S/C25H30F3N3O2/c26-25(27,28)20-3-1-2-19(16-20)24(32)30-22-6-4-18(5-7-22)17-29-21-8-10-23(11-9-21)31-12-14-33-15-13-31/h1-3,8-11,16,18,22,29H,4-7,12-15,17H2,(H,30,32)/t18-,22-. The minimum Gasteiger partial charge on any atom is -0.385 e. The van der Waals surface area contributed by atoms with Crippen LogP contribution in [0.1, 0.15) is 41.6 Å². The summed E-state index contributed by atoms with van der Waals surface area (Å²) in [5.74, 6) is 0.0636. The molecular weight excluding hydrogens is 431 g/mol. The highest BCUT2D eigenvalue weighted by Gasteiger charge is 2.31. The highest BCUT2D eigenvalue weighted by Crippen LogP contribution is 2.30. The summed E-state index contributed by atoms with van der Waals surface area (Å²) < 4.78 is 44.1. The number of nitrogens with zero attached hydrogens (tertiary/aromatic N) is 1. The highest BCUT2D eigenvalue weighted by molar-refractivity contribution is 5.94. The van der Waals surface area contributed by atoms with Crippen molar-refractivity contribution in [3.8, 4) is 0 Å². The third kappa shape index (κ3) is 6.41. The number of rotatable bonds is 6. The number of benzene rings is 2. The topological polar surface area (TPSA) is 53.6 Å². The van der Waals surface area contributed by atoms with E-state index in [4.69, 9.17) is 4.74 Å². The zero-order valence-corrected chi connectivity index (χ0v) is 18.5. The highest BCUT2D eigenvalue weighted by atomic mass is 19.4. The molecule has 2 fully saturated rings. The van der Waals surface area contributed by atoms with Crippen LogP contribution in [0.25, 0.3) is 0 Å². The molecule has 0 aromatic heterocycles. The van der Waals surface area contributed by atoms with Crippen LogP contribution in [0.4, 0.5) is 24.5 Å². The zero-order valence-electron chi connectivity index (χ0n) is 18.5. The van der Waals surface area contributed by atoms with Crippen LogP contribution in [0.15, 0.2) is 48.5 Å². The van der Waals surface area contributed by atoms with Crippen molar-refractivity contribution < 1.29 is 22.7 Å². The fourth-order valence-electron chi connectivity index (χ4n) is 4.49. The van der Waals surface area contributed by atoms with E-state index in [0.717, 1.165) is 76.4 Å². The van der Waals surface area contributed by atoms with Crippen molar-refractivity contribution in [3.63, 3.8) is 0 Å². The van der Waals surface area contributed by atoms with E-state index in [1.165, 1.54) is 17.8 Å². The lowest BCUT2D eigenvalue weighted by Crippen LogP contribution is -2.38. The number of amides is 1. The van der Waals surface area contributed by atoms with Gasteiger partial charge in [-0.1, -0.05) is 6.07 Å². The number of hydrogen-bond donors (Lipinski definition) is 2. The number of ether oxygens (including phenoxy) is 1. The zero-order chi connectivity index (χ0) is 23.3. The number of carbonyl (C=O) groups is 1. The summed E-state index contributed by atoms with van der Waals surface area (Å²) in [5, 5.41) is 6.41. The van der Waals surface area contributed by atoms with Crippen LogP contribution in [0, 0.1) is 5.92 Å². The van der Waals surface area contributed by atoms with Gasteiger partial charge in [-0.05, 0) is 74.1 Å². The molecule has 1 saturated heterocycles. The summed E-state index contributed by atoms with van der Waals surface area (Å²) in [6, 6.07) is 13.0. The first kappa shape index (κ1) is 23.4. The Kier molecular flexibility index (Phi) is 7.42. The van der Waals surface area contributed by atoms with Gasteiger partial charge in [-0.15, -0.1) is 0 Å². The fraction of sp³-hybridized carbons (Fsp3) is 0.480. The maximum Gasteiger partial charge on any atom is 0.416 e. The van der Waals surface area contributed by atoms with Gasteiger partial charge < -0.3 is 20.3 Å². The van der Waals surface area contributed by atoms with E-state index < -0.39 is 17.6 Å². The van der Waals surface area contributed by atoms with Crippen molar-refractivity contribution in [1.82, 2.24) is 5.32 Å². The molecule has 0 radical (unpaired) electrons. The molecule has 8 heteroatoms. The Labute approximate surface area is 192 Å². The fourth-order valence-corrected chi connectivity index (χ4v) is 4.49. The monoisotopic (exact) mass is 461 g/mol. The third-order valence-electron chi connectivity index (χ3n) is 6.47. The summed E-state index contributed by atoms with van der Waals surface area (Å²) in [4.78, 5) is 14.7. The Hall–Kier alpha value is -2.74. The van der Waals surface area contributed by atoms with Gasteiger partial charge in [-0.3, -0.25) is 4.79 Å². The average Bonchev–Trinajstić information content (AvgIpc) is 2.84. The quantitative estimate of drug-likeness (QED) is 0.640. The Morgan fingerprint density at radius 2 is 1.70 bits per heavy atom. The lowest BCUT2D eigenvalue weighted by molar-refractivity contribution is -0.137. The third-order valence-corrected chi connectivity index (χ3v) is 6.47. The van der Waals surface area contributed by atoms with Crippen LogP contribution in [0.3, 0.4) is 0 Å². The molecule has 2 aromatic rings. The molecule has 4 rings (SSSR count). The molecule has 0 unspecified atom stereocenters. The molecule has 0 spiro atoms. The van der Waals surface area contributed by atoms with Gasteiger partial charge in [0, 0.05) is 42.6 Å². The van der Waals surface area contributed by atoms with E-state index >= 15 is 0 Å². The Balaban J connectivity index is 1.20. The van der Waals surface area contributed by atoms with Crippen LogP contribution in [-0.2, 0) is 10.9 Å². The Morgan fingerprint density at radius 3 is 2.36 bits per heavy atom. The van der Waals surface area contributed by atoms with Crippen LogP contribution in [0.5, 0.6) is 0 Å².